The Morgan fingerprint density at radius 3 is 2.00 bits per heavy atom. The monoisotopic (exact) mass is 843 g/mol. The number of pyridine rings is 1. The minimum Gasteiger partial charge on any atom is -0.478 e. The number of unbranched alkanes of at least 4 members (excludes halogenated alkanes) is 3. The zero-order valence-corrected chi connectivity index (χ0v) is 34.9. The molecule has 0 fully saturated rings. The van der Waals surface area contributed by atoms with Gasteiger partial charge in [-0.1, -0.05) is 49.3 Å². The number of hydrogen-bond donors (Lipinski definition) is 0. The van der Waals surface area contributed by atoms with E-state index in [1.807, 2.05) is 41.0 Å². The molecule has 8 rings (SSSR count). The van der Waals surface area contributed by atoms with Crippen LogP contribution in [0.4, 0.5) is 20.7 Å². The maximum Gasteiger partial charge on any atom is 0.352 e. The van der Waals surface area contributed by atoms with E-state index >= 15 is 0 Å². The molecule has 314 valence electrons. The fourth-order valence-electron chi connectivity index (χ4n) is 7.65. The second kappa shape index (κ2) is 19.4. The zero-order chi connectivity index (χ0) is 42.1. The number of rotatable bonds is 16. The number of thiophene rings is 1. The molecule has 0 atom stereocenters. The van der Waals surface area contributed by atoms with Crippen LogP contribution in [0.3, 0.4) is 0 Å². The smallest absolute Gasteiger partial charge is 0.352 e. The SMILES string of the molecule is Cc1ccc(Cn2cnc(N3CC=C(c4ccc(F)cc4CCCCCCOc4ccc(Cn5cnc(N6CC=C(c7ccc(F)cc7)CC6)nc5=O)cn4)CC3)nc2=O)s1. The van der Waals surface area contributed by atoms with Gasteiger partial charge in [-0.3, -0.25) is 9.13 Å². The van der Waals surface area contributed by atoms with Crippen LogP contribution in [-0.4, -0.2) is 66.8 Å². The van der Waals surface area contributed by atoms with Gasteiger partial charge in [0.05, 0.1) is 19.7 Å². The molecule has 0 saturated carbocycles. The summed E-state index contributed by atoms with van der Waals surface area (Å²) in [4.78, 5) is 53.7. The van der Waals surface area contributed by atoms with Crippen LogP contribution in [0.15, 0.2) is 107 Å². The normalized spacial score (nSPS) is 14.2. The second-order valence-electron chi connectivity index (χ2n) is 15.3. The van der Waals surface area contributed by atoms with Crippen molar-refractivity contribution in [2.24, 2.45) is 0 Å². The van der Waals surface area contributed by atoms with Crippen LogP contribution >= 0.6 is 11.3 Å². The summed E-state index contributed by atoms with van der Waals surface area (Å²) in [5.41, 5.74) is 5.49. The van der Waals surface area contributed by atoms with Gasteiger partial charge in [-0.2, -0.15) is 9.97 Å². The third-order valence-corrected chi connectivity index (χ3v) is 12.0. The van der Waals surface area contributed by atoms with E-state index in [0.717, 1.165) is 77.6 Å². The highest BCUT2D eigenvalue weighted by Gasteiger charge is 2.20. The van der Waals surface area contributed by atoms with Crippen LogP contribution in [0.1, 0.15) is 70.5 Å². The number of anilines is 2. The van der Waals surface area contributed by atoms with E-state index in [2.05, 4.69) is 37.1 Å². The van der Waals surface area contributed by atoms with Crippen molar-refractivity contribution in [1.29, 1.82) is 0 Å². The molecule has 0 amide bonds. The molecule has 61 heavy (non-hydrogen) atoms. The molecule has 0 unspecified atom stereocenters. The van der Waals surface area contributed by atoms with Crippen molar-refractivity contribution >= 4 is 34.4 Å². The van der Waals surface area contributed by atoms with E-state index in [0.29, 0.717) is 57.1 Å². The van der Waals surface area contributed by atoms with Gasteiger partial charge in [0.25, 0.3) is 0 Å². The summed E-state index contributed by atoms with van der Waals surface area (Å²) in [6.07, 6.45) is 15.0. The van der Waals surface area contributed by atoms with Crippen molar-refractivity contribution in [3.05, 3.63) is 162 Å². The highest BCUT2D eigenvalue weighted by atomic mass is 32.1. The maximum atomic E-state index is 14.4. The summed E-state index contributed by atoms with van der Waals surface area (Å²) in [5.74, 6) is 0.832. The molecule has 2 aliphatic rings. The molecule has 6 aromatic rings. The van der Waals surface area contributed by atoms with E-state index in [4.69, 9.17) is 4.74 Å². The average molecular weight is 844 g/mol. The van der Waals surface area contributed by atoms with Crippen molar-refractivity contribution in [2.75, 3.05) is 42.6 Å². The Bertz CT molecular complexity index is 2640. The van der Waals surface area contributed by atoms with Gasteiger partial charge in [0, 0.05) is 48.2 Å². The minimum atomic E-state index is -0.390. The van der Waals surface area contributed by atoms with Crippen LogP contribution < -0.4 is 25.9 Å². The molecule has 0 spiro atoms. The van der Waals surface area contributed by atoms with E-state index in [-0.39, 0.29) is 23.9 Å². The van der Waals surface area contributed by atoms with E-state index in [1.165, 1.54) is 44.1 Å². The molecule has 4 aromatic heterocycles. The van der Waals surface area contributed by atoms with E-state index < -0.39 is 5.69 Å². The molecular formula is C46H47F2N9O3S. The zero-order valence-electron chi connectivity index (χ0n) is 34.1. The number of nitrogens with zero attached hydrogens (tertiary/aromatic N) is 9. The molecule has 0 saturated heterocycles. The Hall–Kier alpha value is -6.35. The number of hydrogen-bond acceptors (Lipinski definition) is 11. The van der Waals surface area contributed by atoms with Crippen molar-refractivity contribution in [3.63, 3.8) is 0 Å². The number of aryl methyl sites for hydroxylation is 2. The Balaban J connectivity index is 0.753. The highest BCUT2D eigenvalue weighted by molar-refractivity contribution is 7.11. The molecule has 2 aromatic carbocycles. The molecule has 0 bridgehead atoms. The molecule has 0 radical (unpaired) electrons. The summed E-state index contributed by atoms with van der Waals surface area (Å²) in [7, 11) is 0. The Labute approximate surface area is 356 Å². The molecule has 0 aliphatic carbocycles. The molecule has 2 aliphatic heterocycles. The van der Waals surface area contributed by atoms with Crippen LogP contribution in [0, 0.1) is 18.6 Å². The third-order valence-electron chi connectivity index (χ3n) is 11.0. The number of benzene rings is 2. The number of halogens is 2. The van der Waals surface area contributed by atoms with E-state index in [9.17, 15) is 18.4 Å². The van der Waals surface area contributed by atoms with Gasteiger partial charge in [0.1, 0.15) is 24.3 Å². The minimum absolute atomic E-state index is 0.237. The van der Waals surface area contributed by atoms with Crippen molar-refractivity contribution in [1.82, 2.24) is 34.1 Å². The Morgan fingerprint density at radius 1 is 0.705 bits per heavy atom. The second-order valence-corrected chi connectivity index (χ2v) is 16.7. The van der Waals surface area contributed by atoms with Crippen LogP contribution in [0.2, 0.25) is 0 Å². The Morgan fingerprint density at radius 2 is 1.38 bits per heavy atom. The predicted molar refractivity (Wildman–Crippen MR) is 234 cm³/mol. The quantitative estimate of drug-likeness (QED) is 0.0906. The molecule has 6 heterocycles. The molecule has 0 N–H and O–H groups in total. The Kier molecular flexibility index (Phi) is 13.1. The molecule has 12 nitrogen and oxygen atoms in total. The predicted octanol–water partition coefficient (Wildman–Crippen LogP) is 7.50. The van der Waals surface area contributed by atoms with Gasteiger partial charge in [-0.05, 0) is 109 Å². The third kappa shape index (κ3) is 10.7. The summed E-state index contributed by atoms with van der Waals surface area (Å²) >= 11 is 1.66. The van der Waals surface area contributed by atoms with Gasteiger partial charge in [0.15, 0.2) is 0 Å². The van der Waals surface area contributed by atoms with Gasteiger partial charge >= 0.3 is 11.4 Å². The van der Waals surface area contributed by atoms with Gasteiger partial charge < -0.3 is 14.5 Å². The van der Waals surface area contributed by atoms with Gasteiger partial charge in [-0.15, -0.1) is 11.3 Å². The first-order chi connectivity index (χ1) is 29.7. The lowest BCUT2D eigenvalue weighted by molar-refractivity contribution is 0.293. The van der Waals surface area contributed by atoms with Crippen molar-refractivity contribution < 1.29 is 13.5 Å². The van der Waals surface area contributed by atoms with Crippen molar-refractivity contribution in [3.8, 4) is 5.88 Å². The highest BCUT2D eigenvalue weighted by Crippen LogP contribution is 2.29. The van der Waals surface area contributed by atoms with Crippen LogP contribution in [-0.2, 0) is 19.5 Å². The first-order valence-electron chi connectivity index (χ1n) is 20.7. The summed E-state index contributed by atoms with van der Waals surface area (Å²) in [5, 5.41) is 0. The lowest BCUT2D eigenvalue weighted by Crippen LogP contribution is -2.34. The standard InChI is InChI=1S/C46H47F2N9O3S/c1-32-7-14-40(61-32)29-57-31-51-44(53-46(57)59)55-23-19-36(20-24-55)41-15-13-39(48)26-37(41)6-4-2-3-5-25-60-42-16-8-33(27-49-42)28-56-30-50-43(52-45(56)58)54-21-17-35(18-22-54)34-9-11-38(47)12-10-34/h7-17,19,26-27,30-31H,2-6,18,20-25,28-29H2,1H3. The fraction of sp³-hybridized carbons (Fsp3) is 0.326. The van der Waals surface area contributed by atoms with Gasteiger partial charge in [0.2, 0.25) is 17.8 Å². The van der Waals surface area contributed by atoms with Gasteiger partial charge in [-0.25, -0.2) is 33.3 Å². The fourth-order valence-corrected chi connectivity index (χ4v) is 8.54. The lowest BCUT2D eigenvalue weighted by Gasteiger charge is -2.27. The number of aromatic nitrogens is 7. The van der Waals surface area contributed by atoms with Crippen molar-refractivity contribution in [2.45, 2.75) is 65.0 Å². The van der Waals surface area contributed by atoms with Crippen LogP contribution in [0.5, 0.6) is 5.88 Å². The summed E-state index contributed by atoms with van der Waals surface area (Å²) in [6, 6.07) is 19.3. The maximum absolute atomic E-state index is 14.4. The lowest BCUT2D eigenvalue weighted by atomic mass is 9.92. The van der Waals surface area contributed by atoms with Crippen LogP contribution in [0.25, 0.3) is 11.1 Å². The average Bonchev–Trinajstić information content (AvgIpc) is 3.69. The number of ether oxygens (including phenoxy) is 1. The topological polar surface area (TPSA) is 124 Å². The summed E-state index contributed by atoms with van der Waals surface area (Å²) in [6.45, 7) is 5.77. The molecule has 15 heteroatoms. The summed E-state index contributed by atoms with van der Waals surface area (Å²) < 4.78 is 36.6. The molecular weight excluding hydrogens is 797 g/mol. The largest absolute Gasteiger partial charge is 0.478 e. The van der Waals surface area contributed by atoms with E-state index in [1.54, 1.807) is 48.1 Å². The first kappa shape index (κ1) is 41.4. The first-order valence-corrected chi connectivity index (χ1v) is 21.5.